The SMILES string of the molecule is Cc1cccc(NC(=S)NNC(=O)c2ccc(F)c(F)c2)c1C. The van der Waals surface area contributed by atoms with E-state index in [0.29, 0.717) is 0 Å². The molecule has 0 unspecified atom stereocenters. The van der Waals surface area contributed by atoms with Crippen molar-refractivity contribution in [3.63, 3.8) is 0 Å². The summed E-state index contributed by atoms with van der Waals surface area (Å²) in [5.41, 5.74) is 7.75. The molecule has 1 amide bonds. The Morgan fingerprint density at radius 1 is 1.04 bits per heavy atom. The lowest BCUT2D eigenvalue weighted by atomic mass is 10.1. The van der Waals surface area contributed by atoms with Crippen LogP contribution in [0.3, 0.4) is 0 Å². The number of benzene rings is 2. The summed E-state index contributed by atoms with van der Waals surface area (Å²) in [6.07, 6.45) is 0. The number of anilines is 1. The van der Waals surface area contributed by atoms with Crippen molar-refractivity contribution in [2.75, 3.05) is 5.32 Å². The first-order valence-corrected chi connectivity index (χ1v) is 7.18. The van der Waals surface area contributed by atoms with Crippen molar-refractivity contribution in [3.05, 3.63) is 64.7 Å². The van der Waals surface area contributed by atoms with Crippen molar-refractivity contribution >= 4 is 28.9 Å². The fourth-order valence-corrected chi connectivity index (χ4v) is 2.02. The van der Waals surface area contributed by atoms with Crippen molar-refractivity contribution < 1.29 is 13.6 Å². The zero-order valence-electron chi connectivity index (χ0n) is 12.5. The van der Waals surface area contributed by atoms with E-state index in [2.05, 4.69) is 16.2 Å². The molecule has 23 heavy (non-hydrogen) atoms. The minimum atomic E-state index is -1.09. The molecule has 0 aliphatic rings. The van der Waals surface area contributed by atoms with Gasteiger partial charge < -0.3 is 5.32 Å². The number of aryl methyl sites for hydroxylation is 1. The maximum absolute atomic E-state index is 13.1. The molecular formula is C16H15F2N3OS. The van der Waals surface area contributed by atoms with Gasteiger partial charge in [-0.05, 0) is 61.5 Å². The molecule has 0 radical (unpaired) electrons. The van der Waals surface area contributed by atoms with Crippen LogP contribution in [-0.4, -0.2) is 11.0 Å². The van der Waals surface area contributed by atoms with Crippen LogP contribution in [-0.2, 0) is 0 Å². The lowest BCUT2D eigenvalue weighted by Gasteiger charge is -2.14. The zero-order chi connectivity index (χ0) is 17.0. The Hall–Kier alpha value is -2.54. The Kier molecular flexibility index (Phi) is 5.23. The third-order valence-corrected chi connectivity index (χ3v) is 3.53. The van der Waals surface area contributed by atoms with Crippen LogP contribution in [0.25, 0.3) is 0 Å². The number of halogens is 2. The number of amides is 1. The van der Waals surface area contributed by atoms with Crippen LogP contribution >= 0.6 is 12.2 Å². The molecule has 0 aliphatic heterocycles. The average Bonchev–Trinajstić information content (AvgIpc) is 2.52. The third-order valence-electron chi connectivity index (χ3n) is 3.32. The topological polar surface area (TPSA) is 53.2 Å². The molecule has 4 nitrogen and oxygen atoms in total. The second-order valence-electron chi connectivity index (χ2n) is 4.91. The fourth-order valence-electron chi connectivity index (χ4n) is 1.86. The number of rotatable bonds is 2. The maximum Gasteiger partial charge on any atom is 0.269 e. The number of thiocarbonyl (C=S) groups is 1. The molecule has 120 valence electrons. The highest BCUT2D eigenvalue weighted by molar-refractivity contribution is 7.80. The highest BCUT2D eigenvalue weighted by Crippen LogP contribution is 2.17. The van der Waals surface area contributed by atoms with E-state index >= 15 is 0 Å². The molecular weight excluding hydrogens is 320 g/mol. The molecule has 0 atom stereocenters. The molecule has 2 rings (SSSR count). The van der Waals surface area contributed by atoms with Gasteiger partial charge in [-0.1, -0.05) is 12.1 Å². The van der Waals surface area contributed by atoms with Gasteiger partial charge in [-0.25, -0.2) is 8.78 Å². The lowest BCUT2D eigenvalue weighted by molar-refractivity contribution is 0.0943. The summed E-state index contributed by atoms with van der Waals surface area (Å²) in [4.78, 5) is 11.8. The molecule has 0 fully saturated rings. The third kappa shape index (κ3) is 4.23. The summed E-state index contributed by atoms with van der Waals surface area (Å²) in [6, 6.07) is 8.59. The monoisotopic (exact) mass is 335 g/mol. The van der Waals surface area contributed by atoms with Crippen LogP contribution in [0.4, 0.5) is 14.5 Å². The van der Waals surface area contributed by atoms with Crippen molar-refractivity contribution in [3.8, 4) is 0 Å². The number of hydrazine groups is 1. The summed E-state index contributed by atoms with van der Waals surface area (Å²) in [5.74, 6) is -2.73. The molecule has 0 heterocycles. The Bertz CT molecular complexity index is 765. The largest absolute Gasteiger partial charge is 0.331 e. The molecule has 3 N–H and O–H groups in total. The van der Waals surface area contributed by atoms with E-state index in [4.69, 9.17) is 12.2 Å². The van der Waals surface area contributed by atoms with Crippen molar-refractivity contribution in [1.82, 2.24) is 10.9 Å². The zero-order valence-corrected chi connectivity index (χ0v) is 13.4. The van der Waals surface area contributed by atoms with Crippen molar-refractivity contribution in [2.24, 2.45) is 0 Å². The molecule has 0 aliphatic carbocycles. The van der Waals surface area contributed by atoms with Gasteiger partial charge >= 0.3 is 0 Å². The maximum atomic E-state index is 13.1. The number of carbonyl (C=O) groups is 1. The van der Waals surface area contributed by atoms with E-state index in [-0.39, 0.29) is 10.7 Å². The molecule has 0 saturated carbocycles. The Morgan fingerprint density at radius 2 is 1.78 bits per heavy atom. The van der Waals surface area contributed by atoms with E-state index in [1.807, 2.05) is 32.0 Å². The second-order valence-corrected chi connectivity index (χ2v) is 5.32. The smallest absolute Gasteiger partial charge is 0.269 e. The summed E-state index contributed by atoms with van der Waals surface area (Å²) in [6.45, 7) is 3.92. The summed E-state index contributed by atoms with van der Waals surface area (Å²) >= 11 is 5.08. The molecule has 0 spiro atoms. The Labute approximate surface area is 137 Å². The Morgan fingerprint density at radius 3 is 2.48 bits per heavy atom. The first-order chi connectivity index (χ1) is 10.9. The highest BCUT2D eigenvalue weighted by atomic mass is 32.1. The van der Waals surface area contributed by atoms with Gasteiger partial charge in [0.25, 0.3) is 5.91 Å². The van der Waals surface area contributed by atoms with E-state index < -0.39 is 17.5 Å². The first-order valence-electron chi connectivity index (χ1n) is 6.77. The Balaban J connectivity index is 1.94. The van der Waals surface area contributed by atoms with Gasteiger partial charge in [0.05, 0.1) is 0 Å². The normalized spacial score (nSPS) is 10.1. The minimum Gasteiger partial charge on any atom is -0.331 e. The van der Waals surface area contributed by atoms with Gasteiger partial charge in [-0.3, -0.25) is 15.6 Å². The van der Waals surface area contributed by atoms with Gasteiger partial charge in [0.1, 0.15) is 0 Å². The van der Waals surface area contributed by atoms with Gasteiger partial charge in [-0.15, -0.1) is 0 Å². The predicted molar refractivity (Wildman–Crippen MR) is 89.1 cm³/mol. The molecule has 7 heteroatoms. The predicted octanol–water partition coefficient (Wildman–Crippen LogP) is 3.21. The quantitative estimate of drug-likeness (QED) is 0.583. The fraction of sp³-hybridized carbons (Fsp3) is 0.125. The summed E-state index contributed by atoms with van der Waals surface area (Å²) < 4.78 is 25.9. The number of carbonyl (C=O) groups excluding carboxylic acids is 1. The minimum absolute atomic E-state index is 0.0223. The number of nitrogens with one attached hydrogen (secondary N) is 3. The summed E-state index contributed by atoms with van der Waals surface area (Å²) in [7, 11) is 0. The number of hydrogen-bond donors (Lipinski definition) is 3. The van der Waals surface area contributed by atoms with Gasteiger partial charge in [0.15, 0.2) is 16.7 Å². The van der Waals surface area contributed by atoms with Gasteiger partial charge in [0, 0.05) is 11.3 Å². The highest BCUT2D eigenvalue weighted by Gasteiger charge is 2.10. The van der Waals surface area contributed by atoms with E-state index in [0.717, 1.165) is 28.9 Å². The van der Waals surface area contributed by atoms with Crippen LogP contribution in [0.15, 0.2) is 36.4 Å². The van der Waals surface area contributed by atoms with Crippen LogP contribution in [0.2, 0.25) is 0 Å². The molecule has 2 aromatic carbocycles. The summed E-state index contributed by atoms with van der Waals surface area (Å²) in [5, 5.41) is 3.13. The number of hydrogen-bond acceptors (Lipinski definition) is 2. The van der Waals surface area contributed by atoms with Crippen molar-refractivity contribution in [1.29, 1.82) is 0 Å². The van der Waals surface area contributed by atoms with Crippen molar-refractivity contribution in [2.45, 2.75) is 13.8 Å². The van der Waals surface area contributed by atoms with Gasteiger partial charge in [0.2, 0.25) is 0 Å². The van der Waals surface area contributed by atoms with Crippen LogP contribution < -0.4 is 16.2 Å². The molecule has 2 aromatic rings. The first kappa shape index (κ1) is 16.8. The van der Waals surface area contributed by atoms with E-state index in [1.165, 1.54) is 6.07 Å². The van der Waals surface area contributed by atoms with E-state index in [1.54, 1.807) is 0 Å². The molecule has 0 aromatic heterocycles. The standard InChI is InChI=1S/C16H15F2N3OS/c1-9-4-3-5-14(10(9)2)19-16(23)21-20-15(22)11-6-7-12(17)13(18)8-11/h3-8H,1-2H3,(H,20,22)(H2,19,21,23). The van der Waals surface area contributed by atoms with Gasteiger partial charge in [-0.2, -0.15) is 0 Å². The van der Waals surface area contributed by atoms with E-state index in [9.17, 15) is 13.6 Å². The molecule has 0 bridgehead atoms. The van der Waals surface area contributed by atoms with Crippen LogP contribution in [0.1, 0.15) is 21.5 Å². The molecule has 0 saturated heterocycles. The lowest BCUT2D eigenvalue weighted by Crippen LogP contribution is -2.43. The van der Waals surface area contributed by atoms with Crippen LogP contribution in [0.5, 0.6) is 0 Å². The average molecular weight is 335 g/mol. The van der Waals surface area contributed by atoms with Crippen LogP contribution in [0, 0.1) is 25.5 Å². The second kappa shape index (κ2) is 7.15.